The zero-order chi connectivity index (χ0) is 14.5. The Balaban J connectivity index is 2.21. The van der Waals surface area contributed by atoms with E-state index < -0.39 is 0 Å². The van der Waals surface area contributed by atoms with Crippen molar-refractivity contribution in [2.24, 2.45) is 0 Å². The van der Waals surface area contributed by atoms with Crippen molar-refractivity contribution in [2.75, 3.05) is 23.9 Å². The molecule has 2 rings (SSSR count). The van der Waals surface area contributed by atoms with Gasteiger partial charge in [-0.25, -0.2) is 4.98 Å². The van der Waals surface area contributed by atoms with E-state index in [-0.39, 0.29) is 5.91 Å². The number of aryl methyl sites for hydroxylation is 1. The lowest BCUT2D eigenvalue weighted by Crippen LogP contribution is -2.13. The third-order valence-corrected chi connectivity index (χ3v) is 3.52. The number of aromatic nitrogens is 1. The molecule has 4 nitrogen and oxygen atoms in total. The molecule has 1 heterocycles. The number of nitrogens with one attached hydrogen (secondary N) is 2. The number of thioether (sulfide) groups is 1. The lowest BCUT2D eigenvalue weighted by atomic mass is 10.2. The SMILES string of the molecule is CNc1cc(C(=O)Nc2cccc(SC)c2)cc(C)n1. The summed E-state index contributed by atoms with van der Waals surface area (Å²) in [6.45, 7) is 1.87. The molecule has 0 fully saturated rings. The van der Waals surface area contributed by atoms with Crippen molar-refractivity contribution in [3.05, 3.63) is 47.7 Å². The molecule has 0 aliphatic heterocycles. The Morgan fingerprint density at radius 1 is 1.25 bits per heavy atom. The highest BCUT2D eigenvalue weighted by molar-refractivity contribution is 7.98. The van der Waals surface area contributed by atoms with Crippen LogP contribution in [0.25, 0.3) is 0 Å². The first-order valence-corrected chi connectivity index (χ1v) is 7.46. The highest BCUT2D eigenvalue weighted by Crippen LogP contribution is 2.20. The van der Waals surface area contributed by atoms with Gasteiger partial charge in [-0.05, 0) is 43.5 Å². The van der Waals surface area contributed by atoms with E-state index in [2.05, 4.69) is 15.6 Å². The van der Waals surface area contributed by atoms with Crippen molar-refractivity contribution in [1.29, 1.82) is 0 Å². The molecular formula is C15H17N3OS. The van der Waals surface area contributed by atoms with Crippen LogP contribution in [-0.4, -0.2) is 24.2 Å². The van der Waals surface area contributed by atoms with E-state index in [9.17, 15) is 4.79 Å². The molecule has 0 atom stereocenters. The second kappa shape index (κ2) is 6.43. The average Bonchev–Trinajstić information content (AvgIpc) is 2.46. The molecule has 20 heavy (non-hydrogen) atoms. The Morgan fingerprint density at radius 3 is 2.75 bits per heavy atom. The number of rotatable bonds is 4. The molecule has 104 valence electrons. The summed E-state index contributed by atoms with van der Waals surface area (Å²) in [5.41, 5.74) is 2.19. The fraction of sp³-hybridized carbons (Fsp3) is 0.200. The maximum Gasteiger partial charge on any atom is 0.255 e. The Bertz CT molecular complexity index is 628. The first-order valence-electron chi connectivity index (χ1n) is 6.24. The minimum atomic E-state index is -0.134. The van der Waals surface area contributed by atoms with Gasteiger partial charge in [0.15, 0.2) is 0 Å². The molecule has 1 amide bonds. The van der Waals surface area contributed by atoms with Crippen LogP contribution in [0.1, 0.15) is 16.1 Å². The molecule has 5 heteroatoms. The summed E-state index contributed by atoms with van der Waals surface area (Å²) < 4.78 is 0. The number of amides is 1. The molecule has 0 radical (unpaired) electrons. The number of benzene rings is 1. The summed E-state index contributed by atoms with van der Waals surface area (Å²) in [7, 11) is 1.78. The topological polar surface area (TPSA) is 54.0 Å². The third kappa shape index (κ3) is 3.51. The Labute approximate surface area is 123 Å². The normalized spacial score (nSPS) is 10.2. The number of carbonyl (C=O) groups is 1. The Hall–Kier alpha value is -2.01. The van der Waals surface area contributed by atoms with Crippen LogP contribution in [0.5, 0.6) is 0 Å². The molecule has 2 aromatic rings. The summed E-state index contributed by atoms with van der Waals surface area (Å²) in [5.74, 6) is 0.554. The van der Waals surface area contributed by atoms with E-state index in [1.54, 1.807) is 30.9 Å². The molecule has 0 unspecified atom stereocenters. The van der Waals surface area contributed by atoms with Crippen LogP contribution in [0.2, 0.25) is 0 Å². The van der Waals surface area contributed by atoms with Gasteiger partial charge in [0.25, 0.3) is 5.91 Å². The predicted octanol–water partition coefficient (Wildman–Crippen LogP) is 3.41. The van der Waals surface area contributed by atoms with Gasteiger partial charge < -0.3 is 10.6 Å². The number of carbonyl (C=O) groups excluding carboxylic acids is 1. The second-order valence-corrected chi connectivity index (χ2v) is 5.20. The lowest BCUT2D eigenvalue weighted by molar-refractivity contribution is 0.102. The maximum absolute atomic E-state index is 12.3. The number of hydrogen-bond acceptors (Lipinski definition) is 4. The quantitative estimate of drug-likeness (QED) is 0.846. The number of nitrogens with zero attached hydrogens (tertiary/aromatic N) is 1. The van der Waals surface area contributed by atoms with Crippen LogP contribution in [0, 0.1) is 6.92 Å². The smallest absolute Gasteiger partial charge is 0.255 e. The molecule has 1 aromatic heterocycles. The van der Waals surface area contributed by atoms with Crippen molar-refractivity contribution in [2.45, 2.75) is 11.8 Å². The first kappa shape index (κ1) is 14.4. The van der Waals surface area contributed by atoms with Crippen molar-refractivity contribution in [3.8, 4) is 0 Å². The van der Waals surface area contributed by atoms with Crippen molar-refractivity contribution in [3.63, 3.8) is 0 Å². The molecule has 0 saturated heterocycles. The molecule has 0 saturated carbocycles. The predicted molar refractivity (Wildman–Crippen MR) is 84.7 cm³/mol. The Kier molecular flexibility index (Phi) is 4.63. The van der Waals surface area contributed by atoms with Crippen molar-refractivity contribution in [1.82, 2.24) is 4.98 Å². The van der Waals surface area contributed by atoms with E-state index in [4.69, 9.17) is 0 Å². The summed E-state index contributed by atoms with van der Waals surface area (Å²) in [5, 5.41) is 5.85. The van der Waals surface area contributed by atoms with Gasteiger partial charge in [0.1, 0.15) is 5.82 Å². The van der Waals surface area contributed by atoms with Gasteiger partial charge in [-0.15, -0.1) is 11.8 Å². The van der Waals surface area contributed by atoms with Gasteiger partial charge in [-0.1, -0.05) is 6.07 Å². The van der Waals surface area contributed by atoms with Crippen LogP contribution >= 0.6 is 11.8 Å². The minimum absolute atomic E-state index is 0.134. The third-order valence-electron chi connectivity index (χ3n) is 2.80. The van der Waals surface area contributed by atoms with E-state index >= 15 is 0 Å². The molecule has 0 aliphatic rings. The Morgan fingerprint density at radius 2 is 2.05 bits per heavy atom. The van der Waals surface area contributed by atoms with Gasteiger partial charge in [-0.2, -0.15) is 0 Å². The molecule has 0 spiro atoms. The number of hydrogen-bond donors (Lipinski definition) is 2. The average molecular weight is 287 g/mol. The highest BCUT2D eigenvalue weighted by Gasteiger charge is 2.09. The van der Waals surface area contributed by atoms with E-state index in [0.717, 1.165) is 16.3 Å². The van der Waals surface area contributed by atoms with Crippen molar-refractivity contribution < 1.29 is 4.79 Å². The molecule has 0 aliphatic carbocycles. The fourth-order valence-corrected chi connectivity index (χ4v) is 2.29. The molecular weight excluding hydrogens is 270 g/mol. The van der Waals surface area contributed by atoms with Gasteiger partial charge in [0, 0.05) is 28.9 Å². The van der Waals surface area contributed by atoms with E-state index in [1.165, 1.54) is 0 Å². The zero-order valence-corrected chi connectivity index (χ0v) is 12.5. The summed E-state index contributed by atoms with van der Waals surface area (Å²) in [6, 6.07) is 11.3. The van der Waals surface area contributed by atoms with Gasteiger partial charge >= 0.3 is 0 Å². The van der Waals surface area contributed by atoms with Gasteiger partial charge in [-0.3, -0.25) is 4.79 Å². The molecule has 1 aromatic carbocycles. The van der Waals surface area contributed by atoms with Crippen molar-refractivity contribution >= 4 is 29.2 Å². The van der Waals surface area contributed by atoms with Crippen LogP contribution in [0.3, 0.4) is 0 Å². The standard InChI is InChI=1S/C15H17N3OS/c1-10-7-11(8-14(16-2)17-10)15(19)18-12-5-4-6-13(9-12)20-3/h4-9H,1-3H3,(H,16,17)(H,18,19). The van der Waals surface area contributed by atoms with Crippen LogP contribution in [0.15, 0.2) is 41.3 Å². The van der Waals surface area contributed by atoms with Crippen LogP contribution in [-0.2, 0) is 0 Å². The maximum atomic E-state index is 12.3. The monoisotopic (exact) mass is 287 g/mol. The molecule has 2 N–H and O–H groups in total. The minimum Gasteiger partial charge on any atom is -0.373 e. The zero-order valence-electron chi connectivity index (χ0n) is 11.7. The van der Waals surface area contributed by atoms with Gasteiger partial charge in [0.2, 0.25) is 0 Å². The summed E-state index contributed by atoms with van der Waals surface area (Å²) in [4.78, 5) is 17.7. The van der Waals surface area contributed by atoms with E-state index in [1.807, 2.05) is 37.4 Å². The lowest BCUT2D eigenvalue weighted by Gasteiger charge is -2.08. The van der Waals surface area contributed by atoms with Crippen LogP contribution in [0.4, 0.5) is 11.5 Å². The largest absolute Gasteiger partial charge is 0.373 e. The van der Waals surface area contributed by atoms with Crippen LogP contribution < -0.4 is 10.6 Å². The van der Waals surface area contributed by atoms with E-state index in [0.29, 0.717) is 11.4 Å². The molecule has 0 bridgehead atoms. The number of pyridine rings is 1. The second-order valence-electron chi connectivity index (χ2n) is 4.32. The summed E-state index contributed by atoms with van der Waals surface area (Å²) in [6.07, 6.45) is 2.01. The number of anilines is 2. The summed E-state index contributed by atoms with van der Waals surface area (Å²) >= 11 is 1.64. The van der Waals surface area contributed by atoms with Gasteiger partial charge in [0.05, 0.1) is 0 Å². The fourth-order valence-electron chi connectivity index (χ4n) is 1.83. The first-order chi connectivity index (χ1) is 9.62. The highest BCUT2D eigenvalue weighted by atomic mass is 32.2.